The van der Waals surface area contributed by atoms with E-state index in [2.05, 4.69) is 21.7 Å². The predicted octanol–water partition coefficient (Wildman–Crippen LogP) is 0.819. The summed E-state index contributed by atoms with van der Waals surface area (Å²) in [6.07, 6.45) is 0. The fourth-order valence-electron chi connectivity index (χ4n) is 0.550. The van der Waals surface area contributed by atoms with Crippen molar-refractivity contribution < 1.29 is 0 Å². The maximum absolute atomic E-state index is 5.10. The van der Waals surface area contributed by atoms with Gasteiger partial charge in [-0.05, 0) is 46.0 Å². The Morgan fingerprint density at radius 3 is 1.20 bits per heavy atom. The van der Waals surface area contributed by atoms with Crippen LogP contribution in [0.2, 0.25) is 0 Å². The van der Waals surface area contributed by atoms with Crippen molar-refractivity contribution in [2.24, 2.45) is 0 Å². The normalized spacial score (nSPS) is 9.20. The molecule has 0 amide bonds. The Hall–Kier alpha value is -0.140. The third-order valence-electron chi connectivity index (χ3n) is 1.55. The van der Waals surface area contributed by atoms with E-state index in [0.29, 0.717) is 18.9 Å². The Balaban J connectivity index is 3.81. The van der Waals surface area contributed by atoms with Gasteiger partial charge in [0.1, 0.15) is 0 Å². The molecule has 0 aliphatic heterocycles. The molecule has 12 heteroatoms. The minimum Gasteiger partial charge on any atom is -0.354 e. The molecule has 0 aromatic carbocycles. The molecule has 114 valence electrons. The molecule has 0 fully saturated rings. The van der Waals surface area contributed by atoms with Crippen LogP contribution in [0.5, 0.6) is 0 Å². The van der Waals surface area contributed by atoms with Gasteiger partial charge in [0.05, 0.1) is 0 Å². The first kappa shape index (κ1) is 19.9. The zero-order valence-corrected chi connectivity index (χ0v) is 16.2. The molecule has 0 aliphatic rings. The fraction of sp³-hybridized carbons (Fsp3) is 0.500. The highest BCUT2D eigenvalue weighted by molar-refractivity contribution is 8.89. The van der Waals surface area contributed by atoms with Crippen LogP contribution in [0.3, 0.4) is 0 Å². The summed E-state index contributed by atoms with van der Waals surface area (Å²) in [6, 6.07) is 0. The molecule has 0 atom stereocenters. The number of rotatable bonds is 0. The van der Waals surface area contributed by atoms with Gasteiger partial charge in [-0.2, -0.15) is 0 Å². The summed E-state index contributed by atoms with van der Waals surface area (Å²) in [5.74, 6) is 0. The Labute approximate surface area is 148 Å². The van der Waals surface area contributed by atoms with Crippen molar-refractivity contribution in [3.05, 3.63) is 0 Å². The van der Waals surface area contributed by atoms with E-state index in [0.717, 1.165) is 0 Å². The lowest BCUT2D eigenvalue weighted by Gasteiger charge is -2.17. The number of hydrogen-bond acceptors (Lipinski definition) is 6. The molecule has 4 N–H and O–H groups in total. The molecule has 0 radical (unpaired) electrons. The average Bonchev–Trinajstić information content (AvgIpc) is 2.39. The summed E-state index contributed by atoms with van der Waals surface area (Å²) in [4.78, 5) is 3.50. The molecule has 0 saturated heterocycles. The van der Waals surface area contributed by atoms with Crippen molar-refractivity contribution >= 4 is 89.3 Å². The van der Waals surface area contributed by atoms with Gasteiger partial charge in [-0.15, -0.1) is 0 Å². The topological polar surface area (TPSA) is 54.6 Å². The molecule has 6 nitrogen and oxygen atoms in total. The zero-order valence-electron chi connectivity index (χ0n) is 11.3. The van der Waals surface area contributed by atoms with E-state index in [1.54, 1.807) is 9.80 Å². The lowest BCUT2D eigenvalue weighted by Crippen LogP contribution is -2.45. The third kappa shape index (κ3) is 9.72. The first-order chi connectivity index (χ1) is 9.23. The second kappa shape index (κ2) is 10.6. The summed E-state index contributed by atoms with van der Waals surface area (Å²) in [7, 11) is 9.92. The van der Waals surface area contributed by atoms with Gasteiger partial charge in [-0.1, -0.05) is 24.4 Å². The third-order valence-corrected chi connectivity index (χ3v) is 5.66. The molecule has 0 bridgehead atoms. The lowest BCUT2D eigenvalue weighted by molar-refractivity contribution is 0.595. The van der Waals surface area contributed by atoms with Crippen LogP contribution in [0.15, 0.2) is 0 Å². The standard InChI is InChI=1S/C8H16N6S6/c1-13(2)5(15)9-11-7(17)19-20-8(18)12-10-6(16)14(3)4/h1-4H3,(H,9,15)(H,10,16)(H,11,17)(H,12,18). The van der Waals surface area contributed by atoms with Crippen molar-refractivity contribution in [1.82, 2.24) is 31.5 Å². The second-order valence-electron chi connectivity index (χ2n) is 3.64. The van der Waals surface area contributed by atoms with Crippen LogP contribution in [0.25, 0.3) is 0 Å². The molecule has 0 heterocycles. The molecule has 20 heavy (non-hydrogen) atoms. The van der Waals surface area contributed by atoms with Gasteiger partial charge in [-0.3, -0.25) is 21.7 Å². The van der Waals surface area contributed by atoms with E-state index >= 15 is 0 Å². The van der Waals surface area contributed by atoms with E-state index in [9.17, 15) is 0 Å². The monoisotopic (exact) mass is 388 g/mol. The number of thiocarbonyl (C=S) groups is 4. The summed E-state index contributed by atoms with van der Waals surface area (Å²) < 4.78 is 1.03. The number of nitrogens with zero attached hydrogens (tertiary/aromatic N) is 2. The van der Waals surface area contributed by atoms with E-state index in [1.165, 1.54) is 21.6 Å². The smallest absolute Gasteiger partial charge is 0.187 e. The Kier molecular flexibility index (Phi) is 10.5. The van der Waals surface area contributed by atoms with Crippen LogP contribution in [0.1, 0.15) is 0 Å². The maximum Gasteiger partial charge on any atom is 0.187 e. The van der Waals surface area contributed by atoms with E-state index < -0.39 is 0 Å². The average molecular weight is 389 g/mol. The van der Waals surface area contributed by atoms with Crippen LogP contribution in [-0.2, 0) is 0 Å². The summed E-state index contributed by atoms with van der Waals surface area (Å²) >= 11 is 20.3. The molecule has 0 aromatic rings. The molecular weight excluding hydrogens is 373 g/mol. The molecule has 0 rings (SSSR count). The predicted molar refractivity (Wildman–Crippen MR) is 105 cm³/mol. The van der Waals surface area contributed by atoms with Crippen LogP contribution < -0.4 is 21.7 Å². The van der Waals surface area contributed by atoms with Gasteiger partial charge < -0.3 is 9.80 Å². The Morgan fingerprint density at radius 2 is 0.950 bits per heavy atom. The largest absolute Gasteiger partial charge is 0.354 e. The summed E-state index contributed by atoms with van der Waals surface area (Å²) in [5.41, 5.74) is 11.2. The lowest BCUT2D eigenvalue weighted by atomic mass is 10.9. The van der Waals surface area contributed by atoms with Gasteiger partial charge in [0.25, 0.3) is 0 Å². The molecular formula is C8H16N6S6. The van der Waals surface area contributed by atoms with E-state index in [-0.39, 0.29) is 0 Å². The first-order valence-electron chi connectivity index (χ1n) is 5.13. The highest BCUT2D eigenvalue weighted by Crippen LogP contribution is 2.22. The van der Waals surface area contributed by atoms with Crippen molar-refractivity contribution in [3.8, 4) is 0 Å². The van der Waals surface area contributed by atoms with E-state index in [1.807, 2.05) is 28.2 Å². The van der Waals surface area contributed by atoms with Gasteiger partial charge >= 0.3 is 0 Å². The summed E-state index contributed by atoms with van der Waals surface area (Å²) in [5, 5.41) is 1.08. The number of nitrogens with one attached hydrogen (secondary N) is 4. The van der Waals surface area contributed by atoms with Gasteiger partial charge in [0.15, 0.2) is 18.9 Å². The minimum absolute atomic E-state index is 0.513. The fourth-order valence-corrected chi connectivity index (χ4v) is 2.41. The maximum atomic E-state index is 5.10. The van der Waals surface area contributed by atoms with Crippen LogP contribution in [0, 0.1) is 0 Å². The molecule has 0 aromatic heterocycles. The van der Waals surface area contributed by atoms with Crippen molar-refractivity contribution in [2.75, 3.05) is 28.2 Å². The van der Waals surface area contributed by atoms with Crippen molar-refractivity contribution in [2.45, 2.75) is 0 Å². The van der Waals surface area contributed by atoms with Gasteiger partial charge in [0.2, 0.25) is 0 Å². The van der Waals surface area contributed by atoms with Gasteiger partial charge in [0, 0.05) is 28.2 Å². The Morgan fingerprint density at radius 1 is 0.650 bits per heavy atom. The molecule has 0 unspecified atom stereocenters. The number of hydrogen-bond donors (Lipinski definition) is 4. The quantitative estimate of drug-likeness (QED) is 0.270. The SMILES string of the molecule is CN(C)C(=S)NNC(=S)SSC(=S)NNC(=S)N(C)C. The molecule has 0 saturated carbocycles. The highest BCUT2D eigenvalue weighted by Gasteiger charge is 2.05. The minimum atomic E-state index is 0.513. The first-order valence-corrected chi connectivity index (χ1v) is 8.91. The van der Waals surface area contributed by atoms with Crippen molar-refractivity contribution in [3.63, 3.8) is 0 Å². The zero-order chi connectivity index (χ0) is 15.7. The van der Waals surface area contributed by atoms with Gasteiger partial charge in [-0.25, -0.2) is 0 Å². The summed E-state index contributed by atoms with van der Waals surface area (Å²) in [6.45, 7) is 0. The second-order valence-corrected chi connectivity index (χ2v) is 7.90. The van der Waals surface area contributed by atoms with Crippen molar-refractivity contribution in [1.29, 1.82) is 0 Å². The molecule has 0 spiro atoms. The van der Waals surface area contributed by atoms with Crippen LogP contribution in [-0.4, -0.2) is 56.9 Å². The van der Waals surface area contributed by atoms with Crippen LogP contribution in [0.4, 0.5) is 0 Å². The number of hydrazine groups is 2. The molecule has 0 aliphatic carbocycles. The van der Waals surface area contributed by atoms with E-state index in [4.69, 9.17) is 48.9 Å². The Bertz CT molecular complexity index is 348. The highest BCUT2D eigenvalue weighted by atomic mass is 33.1. The van der Waals surface area contributed by atoms with Crippen LogP contribution >= 0.6 is 70.5 Å².